The second-order valence-corrected chi connectivity index (χ2v) is 7.07. The summed E-state index contributed by atoms with van der Waals surface area (Å²) in [6.45, 7) is 2.01. The summed E-state index contributed by atoms with van der Waals surface area (Å²) in [5, 5.41) is 3.19. The van der Waals surface area contributed by atoms with Gasteiger partial charge in [-0.25, -0.2) is 14.4 Å². The molecule has 2 atom stereocenters. The third-order valence-electron chi connectivity index (χ3n) is 5.29. The molecule has 0 spiro atoms. The van der Waals surface area contributed by atoms with Crippen molar-refractivity contribution >= 4 is 5.91 Å². The Kier molecular flexibility index (Phi) is 4.34. The molecule has 2 saturated heterocycles. The molecular formula is C16H19F4N5O. The van der Waals surface area contributed by atoms with Crippen LogP contribution >= 0.6 is 0 Å². The lowest BCUT2D eigenvalue weighted by atomic mass is 10.0. The number of alkyl halides is 4. The highest BCUT2D eigenvalue weighted by atomic mass is 19.4. The first kappa shape index (κ1) is 17.6. The maximum absolute atomic E-state index is 12.9. The number of hydrogen-bond donors (Lipinski definition) is 1. The van der Waals surface area contributed by atoms with Gasteiger partial charge >= 0.3 is 6.18 Å². The predicted octanol–water partition coefficient (Wildman–Crippen LogP) is 0.764. The van der Waals surface area contributed by atoms with Gasteiger partial charge in [-0.1, -0.05) is 0 Å². The molecule has 3 aliphatic heterocycles. The highest BCUT2D eigenvalue weighted by Crippen LogP contribution is 2.29. The molecule has 3 aliphatic rings. The standard InChI is InChI=1S/C16H19F4N5O/c17-10-7-25(8-10)14(26)13-3-11(5-21-13)24-2-1-12-9(6-24)4-22-15(23-12)16(18,19)20/h4,10-11,13,21H,1-3,5-8H2/t11?,13-/m0/s1. The van der Waals surface area contributed by atoms with Crippen molar-refractivity contribution in [2.24, 2.45) is 0 Å². The average Bonchev–Trinajstić information content (AvgIpc) is 3.07. The normalized spacial score (nSPS) is 27.3. The lowest BCUT2D eigenvalue weighted by molar-refractivity contribution is -0.145. The molecule has 0 aliphatic carbocycles. The zero-order chi connectivity index (χ0) is 18.5. The summed E-state index contributed by atoms with van der Waals surface area (Å²) in [6, 6.07) is -0.209. The first-order chi connectivity index (χ1) is 12.3. The van der Waals surface area contributed by atoms with E-state index in [-0.39, 0.29) is 31.1 Å². The summed E-state index contributed by atoms with van der Waals surface area (Å²) in [5.74, 6) is -1.17. The van der Waals surface area contributed by atoms with Crippen LogP contribution in [0.5, 0.6) is 0 Å². The van der Waals surface area contributed by atoms with E-state index in [1.807, 2.05) is 0 Å². The molecule has 0 bridgehead atoms. The summed E-state index contributed by atoms with van der Waals surface area (Å²) in [5.41, 5.74) is 1.14. The van der Waals surface area contributed by atoms with E-state index in [4.69, 9.17) is 0 Å². The smallest absolute Gasteiger partial charge is 0.335 e. The quantitative estimate of drug-likeness (QED) is 0.776. The van der Waals surface area contributed by atoms with Crippen LogP contribution in [0.2, 0.25) is 0 Å². The van der Waals surface area contributed by atoms with Crippen LogP contribution in [-0.2, 0) is 23.9 Å². The SMILES string of the molecule is O=C([C@@H]1CC(N2CCc3nc(C(F)(F)F)ncc3C2)CN1)N1CC(F)C1. The summed E-state index contributed by atoms with van der Waals surface area (Å²) in [6.07, 6.45) is -3.17. The topological polar surface area (TPSA) is 61.4 Å². The van der Waals surface area contributed by atoms with Gasteiger partial charge in [-0.2, -0.15) is 13.2 Å². The molecule has 4 heterocycles. The Morgan fingerprint density at radius 2 is 2.08 bits per heavy atom. The molecule has 10 heteroatoms. The molecular weight excluding hydrogens is 354 g/mol. The minimum absolute atomic E-state index is 0.0723. The van der Waals surface area contributed by atoms with E-state index < -0.39 is 18.2 Å². The zero-order valence-electron chi connectivity index (χ0n) is 14.0. The fourth-order valence-electron chi connectivity index (χ4n) is 3.79. The number of halogens is 4. The Hall–Kier alpha value is -1.81. The zero-order valence-corrected chi connectivity index (χ0v) is 14.0. The van der Waals surface area contributed by atoms with Crippen molar-refractivity contribution in [1.82, 2.24) is 25.1 Å². The van der Waals surface area contributed by atoms with Gasteiger partial charge in [0, 0.05) is 43.9 Å². The molecule has 2 fully saturated rings. The number of hydrogen-bond acceptors (Lipinski definition) is 5. The number of fused-ring (bicyclic) bond motifs is 1. The number of nitrogens with one attached hydrogen (secondary N) is 1. The summed E-state index contributed by atoms with van der Waals surface area (Å²) in [4.78, 5) is 23.1. The van der Waals surface area contributed by atoms with E-state index in [1.165, 1.54) is 11.1 Å². The van der Waals surface area contributed by atoms with Crippen molar-refractivity contribution in [1.29, 1.82) is 0 Å². The van der Waals surface area contributed by atoms with Crippen molar-refractivity contribution in [3.63, 3.8) is 0 Å². The third-order valence-corrected chi connectivity index (χ3v) is 5.29. The summed E-state index contributed by atoms with van der Waals surface area (Å²) < 4.78 is 51.1. The minimum Gasteiger partial charge on any atom is -0.335 e. The fourth-order valence-corrected chi connectivity index (χ4v) is 3.79. The molecule has 0 saturated carbocycles. The maximum atomic E-state index is 12.9. The van der Waals surface area contributed by atoms with Crippen LogP contribution < -0.4 is 5.32 Å². The Balaban J connectivity index is 1.38. The van der Waals surface area contributed by atoms with Gasteiger partial charge in [0.2, 0.25) is 11.7 Å². The molecule has 1 amide bonds. The Bertz CT molecular complexity index is 706. The average molecular weight is 373 g/mol. The first-order valence-corrected chi connectivity index (χ1v) is 8.63. The van der Waals surface area contributed by atoms with Gasteiger partial charge < -0.3 is 10.2 Å². The number of carbonyl (C=O) groups excluding carboxylic acids is 1. The van der Waals surface area contributed by atoms with Crippen LogP contribution in [-0.4, -0.2) is 70.1 Å². The van der Waals surface area contributed by atoms with E-state index >= 15 is 0 Å². The predicted molar refractivity (Wildman–Crippen MR) is 82.8 cm³/mol. The Morgan fingerprint density at radius 3 is 2.77 bits per heavy atom. The number of rotatable bonds is 2. The van der Waals surface area contributed by atoms with Crippen molar-refractivity contribution in [2.75, 3.05) is 26.2 Å². The number of amides is 1. The summed E-state index contributed by atoms with van der Waals surface area (Å²) >= 11 is 0. The van der Waals surface area contributed by atoms with Crippen LogP contribution in [0.3, 0.4) is 0 Å². The van der Waals surface area contributed by atoms with E-state index in [1.54, 1.807) is 0 Å². The van der Waals surface area contributed by atoms with Gasteiger partial charge in [-0.15, -0.1) is 0 Å². The molecule has 0 radical (unpaired) electrons. The number of carbonyl (C=O) groups is 1. The second kappa shape index (κ2) is 6.41. The second-order valence-electron chi connectivity index (χ2n) is 7.07. The van der Waals surface area contributed by atoms with E-state index in [2.05, 4.69) is 20.2 Å². The van der Waals surface area contributed by atoms with E-state index in [0.717, 1.165) is 0 Å². The molecule has 4 rings (SSSR count). The van der Waals surface area contributed by atoms with Crippen molar-refractivity contribution in [2.45, 2.75) is 43.8 Å². The number of nitrogens with zero attached hydrogens (tertiary/aromatic N) is 4. The van der Waals surface area contributed by atoms with Crippen molar-refractivity contribution in [3.8, 4) is 0 Å². The highest BCUT2D eigenvalue weighted by molar-refractivity contribution is 5.83. The molecule has 6 nitrogen and oxygen atoms in total. The Morgan fingerprint density at radius 1 is 1.31 bits per heavy atom. The number of aromatic nitrogens is 2. The van der Waals surface area contributed by atoms with Crippen LogP contribution in [0.25, 0.3) is 0 Å². The number of likely N-dealkylation sites (tertiary alicyclic amines) is 1. The molecule has 0 aromatic carbocycles. The van der Waals surface area contributed by atoms with Crippen molar-refractivity contribution < 1.29 is 22.4 Å². The first-order valence-electron chi connectivity index (χ1n) is 8.63. The van der Waals surface area contributed by atoms with Gasteiger partial charge in [-0.05, 0) is 6.42 Å². The largest absolute Gasteiger partial charge is 0.451 e. The molecule has 1 N–H and O–H groups in total. The molecule has 1 unspecified atom stereocenters. The molecule has 26 heavy (non-hydrogen) atoms. The van der Waals surface area contributed by atoms with Crippen LogP contribution in [0.1, 0.15) is 23.5 Å². The molecule has 142 valence electrons. The third kappa shape index (κ3) is 3.27. The maximum Gasteiger partial charge on any atom is 0.451 e. The summed E-state index contributed by atoms with van der Waals surface area (Å²) in [7, 11) is 0. The van der Waals surface area contributed by atoms with Gasteiger partial charge in [0.05, 0.1) is 24.8 Å². The van der Waals surface area contributed by atoms with Crippen LogP contribution in [0.15, 0.2) is 6.20 Å². The van der Waals surface area contributed by atoms with Crippen molar-refractivity contribution in [3.05, 3.63) is 23.3 Å². The van der Waals surface area contributed by atoms with Gasteiger partial charge in [0.1, 0.15) is 6.17 Å². The van der Waals surface area contributed by atoms with Crippen LogP contribution in [0.4, 0.5) is 17.6 Å². The highest BCUT2D eigenvalue weighted by Gasteiger charge is 2.40. The Labute approximate surface area is 147 Å². The molecule has 1 aromatic heterocycles. The lowest BCUT2D eigenvalue weighted by Gasteiger charge is -2.36. The lowest BCUT2D eigenvalue weighted by Crippen LogP contribution is -2.56. The molecule has 1 aromatic rings. The van der Waals surface area contributed by atoms with Gasteiger partial charge in [0.25, 0.3) is 0 Å². The van der Waals surface area contributed by atoms with Crippen LogP contribution in [0, 0.1) is 0 Å². The fraction of sp³-hybridized carbons (Fsp3) is 0.688. The van der Waals surface area contributed by atoms with Gasteiger partial charge in [-0.3, -0.25) is 9.69 Å². The van der Waals surface area contributed by atoms with E-state index in [0.29, 0.717) is 43.7 Å². The monoisotopic (exact) mass is 373 g/mol. The van der Waals surface area contributed by atoms with E-state index in [9.17, 15) is 22.4 Å². The minimum atomic E-state index is -4.54. The van der Waals surface area contributed by atoms with Gasteiger partial charge in [0.15, 0.2) is 0 Å².